The Balaban J connectivity index is 0.00000196. The minimum Gasteiger partial charge on any atom is -0.339 e. The lowest BCUT2D eigenvalue weighted by atomic mass is 9.77. The second kappa shape index (κ2) is 7.26. The lowest BCUT2D eigenvalue weighted by Gasteiger charge is -2.34. The molecular weight excluding hydrogens is 376 g/mol. The molecule has 0 unspecified atom stereocenters. The highest BCUT2D eigenvalue weighted by Crippen LogP contribution is 2.38. The molecule has 1 aliphatic heterocycles. The van der Waals surface area contributed by atoms with Crippen LogP contribution in [0.2, 0.25) is 0 Å². The topological polar surface area (TPSA) is 102 Å². The number of aromatic nitrogens is 2. The van der Waals surface area contributed by atoms with Crippen molar-refractivity contribution < 1.29 is 12.9 Å². The van der Waals surface area contributed by atoms with E-state index in [9.17, 15) is 8.42 Å². The number of rotatable bonds is 4. The van der Waals surface area contributed by atoms with Gasteiger partial charge in [0, 0.05) is 19.0 Å². The van der Waals surface area contributed by atoms with Gasteiger partial charge in [-0.3, -0.25) is 0 Å². The predicted octanol–water partition coefficient (Wildman–Crippen LogP) is 2.40. The third kappa shape index (κ3) is 3.38. The van der Waals surface area contributed by atoms with Crippen molar-refractivity contribution in [2.45, 2.75) is 48.5 Å². The van der Waals surface area contributed by atoms with Gasteiger partial charge >= 0.3 is 0 Å². The molecule has 0 atom stereocenters. The van der Waals surface area contributed by atoms with Gasteiger partial charge in [0.15, 0.2) is 5.82 Å². The number of hydrogen-bond donors (Lipinski definition) is 1. The quantitative estimate of drug-likeness (QED) is 0.848. The molecule has 1 aromatic heterocycles. The number of halogens is 1. The van der Waals surface area contributed by atoms with Crippen molar-refractivity contribution in [1.82, 2.24) is 14.4 Å². The van der Waals surface area contributed by atoms with Crippen LogP contribution in [0.4, 0.5) is 0 Å². The number of nitrogens with zero attached hydrogens (tertiary/aromatic N) is 3. The second-order valence-corrected chi connectivity index (χ2v) is 8.90. The molecule has 0 radical (unpaired) electrons. The number of benzene rings is 1. The summed E-state index contributed by atoms with van der Waals surface area (Å²) in [5.41, 5.74) is 5.81. The Bertz CT molecular complexity index is 844. The van der Waals surface area contributed by atoms with Gasteiger partial charge in [-0.05, 0) is 44.2 Å². The first kappa shape index (κ1) is 19.3. The summed E-state index contributed by atoms with van der Waals surface area (Å²) >= 11 is 0. The van der Waals surface area contributed by atoms with E-state index in [1.807, 2.05) is 6.07 Å². The minimum absolute atomic E-state index is 0. The van der Waals surface area contributed by atoms with Gasteiger partial charge in [-0.2, -0.15) is 9.29 Å². The molecule has 1 aromatic carbocycles. The summed E-state index contributed by atoms with van der Waals surface area (Å²) in [6.45, 7) is 0.904. The van der Waals surface area contributed by atoms with E-state index in [0.29, 0.717) is 42.5 Å². The van der Waals surface area contributed by atoms with E-state index >= 15 is 0 Å². The van der Waals surface area contributed by atoms with E-state index in [0.717, 1.165) is 19.3 Å². The SMILES string of the molecule is Cl.NC1(c2noc(C3CCN(S(=O)(=O)c4ccccc4)CC3)n2)CCC1. The average Bonchev–Trinajstić information content (AvgIpc) is 3.11. The van der Waals surface area contributed by atoms with Crippen molar-refractivity contribution in [1.29, 1.82) is 0 Å². The van der Waals surface area contributed by atoms with Crippen molar-refractivity contribution in [2.75, 3.05) is 13.1 Å². The van der Waals surface area contributed by atoms with Gasteiger partial charge in [0.05, 0.1) is 10.4 Å². The number of sulfonamides is 1. The van der Waals surface area contributed by atoms with Gasteiger partial charge < -0.3 is 10.3 Å². The summed E-state index contributed by atoms with van der Waals surface area (Å²) in [6.07, 6.45) is 4.21. The molecule has 1 saturated carbocycles. The molecule has 2 fully saturated rings. The Labute approximate surface area is 159 Å². The fraction of sp³-hybridized carbons (Fsp3) is 0.529. The summed E-state index contributed by atoms with van der Waals surface area (Å²) in [4.78, 5) is 4.84. The van der Waals surface area contributed by atoms with Crippen LogP contribution in [0.15, 0.2) is 39.8 Å². The van der Waals surface area contributed by atoms with Crippen LogP contribution in [0.5, 0.6) is 0 Å². The smallest absolute Gasteiger partial charge is 0.243 e. The molecule has 2 N–H and O–H groups in total. The standard InChI is InChI=1S/C17H22N4O3S.ClH/c18-17(9-4-10-17)16-19-15(24-20-16)13-7-11-21(12-8-13)25(22,23)14-5-2-1-3-6-14;/h1-3,5-6,13H,4,7-12,18H2;1H. The van der Waals surface area contributed by atoms with Crippen LogP contribution in [0.25, 0.3) is 0 Å². The van der Waals surface area contributed by atoms with Crippen LogP contribution >= 0.6 is 12.4 Å². The van der Waals surface area contributed by atoms with Crippen molar-refractivity contribution in [3.63, 3.8) is 0 Å². The number of piperidine rings is 1. The minimum atomic E-state index is -3.43. The van der Waals surface area contributed by atoms with Crippen molar-refractivity contribution in [3.05, 3.63) is 42.0 Å². The molecule has 26 heavy (non-hydrogen) atoms. The molecule has 2 aromatic rings. The zero-order chi connectivity index (χ0) is 17.5. The highest BCUT2D eigenvalue weighted by atomic mass is 35.5. The van der Waals surface area contributed by atoms with Crippen molar-refractivity contribution in [2.24, 2.45) is 5.73 Å². The maximum absolute atomic E-state index is 12.7. The van der Waals surface area contributed by atoms with Crippen molar-refractivity contribution in [3.8, 4) is 0 Å². The molecule has 0 amide bonds. The molecule has 4 rings (SSSR count). The van der Waals surface area contributed by atoms with E-state index in [4.69, 9.17) is 10.3 Å². The first-order valence-corrected chi connectivity index (χ1v) is 10.1. The van der Waals surface area contributed by atoms with E-state index in [2.05, 4.69) is 10.1 Å². The Hall–Kier alpha value is -1.48. The largest absolute Gasteiger partial charge is 0.339 e. The Morgan fingerprint density at radius 3 is 2.38 bits per heavy atom. The van der Waals surface area contributed by atoms with Crippen LogP contribution in [-0.2, 0) is 15.6 Å². The Morgan fingerprint density at radius 2 is 1.81 bits per heavy atom. The van der Waals surface area contributed by atoms with E-state index in [1.165, 1.54) is 4.31 Å². The molecule has 0 bridgehead atoms. The average molecular weight is 399 g/mol. The maximum atomic E-state index is 12.7. The zero-order valence-corrected chi connectivity index (χ0v) is 16.0. The lowest BCUT2D eigenvalue weighted by Crippen LogP contribution is -2.44. The number of nitrogens with two attached hydrogens (primary N) is 1. The molecule has 142 valence electrons. The third-order valence-corrected chi connectivity index (χ3v) is 7.23. The van der Waals surface area contributed by atoms with E-state index in [-0.39, 0.29) is 18.3 Å². The second-order valence-electron chi connectivity index (χ2n) is 6.96. The van der Waals surface area contributed by atoms with Crippen LogP contribution in [0.1, 0.15) is 49.7 Å². The highest BCUT2D eigenvalue weighted by molar-refractivity contribution is 7.89. The van der Waals surface area contributed by atoms with E-state index in [1.54, 1.807) is 24.3 Å². The fourth-order valence-corrected chi connectivity index (χ4v) is 4.96. The fourth-order valence-electron chi connectivity index (χ4n) is 3.47. The Morgan fingerprint density at radius 1 is 1.15 bits per heavy atom. The normalized spacial score (nSPS) is 21.0. The van der Waals surface area contributed by atoms with Crippen LogP contribution in [0, 0.1) is 0 Å². The molecule has 7 nitrogen and oxygen atoms in total. The zero-order valence-electron chi connectivity index (χ0n) is 14.4. The predicted molar refractivity (Wildman–Crippen MR) is 98.4 cm³/mol. The van der Waals surface area contributed by atoms with Gasteiger partial charge in [-0.15, -0.1) is 12.4 Å². The molecule has 2 heterocycles. The van der Waals surface area contributed by atoms with Gasteiger partial charge in [-0.1, -0.05) is 23.4 Å². The first-order valence-electron chi connectivity index (χ1n) is 8.67. The summed E-state index contributed by atoms with van der Waals surface area (Å²) in [5, 5.41) is 4.06. The molecule has 1 saturated heterocycles. The summed E-state index contributed by atoms with van der Waals surface area (Å²) in [7, 11) is -3.43. The van der Waals surface area contributed by atoms with Crippen molar-refractivity contribution >= 4 is 22.4 Å². The Kier molecular flexibility index (Phi) is 5.39. The van der Waals surface area contributed by atoms with Crippen LogP contribution in [-0.4, -0.2) is 36.0 Å². The van der Waals surface area contributed by atoms with Gasteiger partial charge in [0.2, 0.25) is 15.9 Å². The first-order chi connectivity index (χ1) is 12.0. The summed E-state index contributed by atoms with van der Waals surface area (Å²) < 4.78 is 32.3. The maximum Gasteiger partial charge on any atom is 0.243 e. The highest BCUT2D eigenvalue weighted by Gasteiger charge is 2.40. The molecular formula is C17H23ClN4O3S. The van der Waals surface area contributed by atoms with Gasteiger partial charge in [0.1, 0.15) is 0 Å². The number of hydrogen-bond acceptors (Lipinski definition) is 6. The molecule has 9 heteroatoms. The van der Waals surface area contributed by atoms with Gasteiger partial charge in [-0.25, -0.2) is 8.42 Å². The molecule has 1 aliphatic carbocycles. The lowest BCUT2D eigenvalue weighted by molar-refractivity contribution is 0.227. The summed E-state index contributed by atoms with van der Waals surface area (Å²) in [5.74, 6) is 1.27. The van der Waals surface area contributed by atoms with Crippen LogP contribution in [0.3, 0.4) is 0 Å². The molecule has 2 aliphatic rings. The molecule has 0 spiro atoms. The van der Waals surface area contributed by atoms with Crippen LogP contribution < -0.4 is 5.73 Å². The van der Waals surface area contributed by atoms with Gasteiger partial charge in [0.25, 0.3) is 0 Å². The monoisotopic (exact) mass is 398 g/mol. The summed E-state index contributed by atoms with van der Waals surface area (Å²) in [6, 6.07) is 8.55. The third-order valence-electron chi connectivity index (χ3n) is 5.32. The van der Waals surface area contributed by atoms with E-state index < -0.39 is 15.6 Å².